The van der Waals surface area contributed by atoms with Crippen molar-refractivity contribution >= 4 is 23.1 Å². The second-order valence-corrected chi connectivity index (χ2v) is 5.81. The quantitative estimate of drug-likeness (QED) is 0.877. The average molecular weight is 286 g/mol. The van der Waals surface area contributed by atoms with Gasteiger partial charge in [-0.3, -0.25) is 4.79 Å². The van der Waals surface area contributed by atoms with Crippen LogP contribution in [0.1, 0.15) is 19.7 Å². The summed E-state index contributed by atoms with van der Waals surface area (Å²) < 4.78 is 5.51. The molecule has 0 unspecified atom stereocenters. The first-order valence-corrected chi connectivity index (χ1v) is 7.03. The molecule has 2 heterocycles. The normalized spacial score (nSPS) is 17.6. The lowest BCUT2D eigenvalue weighted by Gasteiger charge is -2.48. The zero-order valence-corrected chi connectivity index (χ0v) is 12.1. The van der Waals surface area contributed by atoms with E-state index in [1.165, 1.54) is 6.08 Å². The Labute approximate surface area is 122 Å². The minimum absolute atomic E-state index is 0.136. The second-order valence-electron chi connectivity index (χ2n) is 5.81. The van der Waals surface area contributed by atoms with E-state index in [0.717, 1.165) is 5.52 Å². The number of fused-ring (bicyclic) bond motifs is 1. The van der Waals surface area contributed by atoms with Crippen molar-refractivity contribution in [2.75, 3.05) is 13.1 Å². The Kier molecular flexibility index (Phi) is 3.29. The van der Waals surface area contributed by atoms with Crippen molar-refractivity contribution in [2.24, 2.45) is 5.92 Å². The first-order chi connectivity index (χ1) is 9.98. The predicted octanol–water partition coefficient (Wildman–Crippen LogP) is 2.07. The number of likely N-dealkylation sites (tertiary alicyclic amines) is 1. The number of hydrogen-bond acceptors (Lipinski definition) is 4. The molecule has 1 N–H and O–H groups in total. The molecule has 0 spiro atoms. The maximum absolute atomic E-state index is 12.0. The topological polar surface area (TPSA) is 66.6 Å². The number of carbonyl (C=O) groups excluding carboxylic acids is 1. The van der Waals surface area contributed by atoms with Crippen molar-refractivity contribution in [3.05, 3.63) is 36.2 Å². The molecule has 3 rings (SSSR count). The SMILES string of the molecule is CC(C)C1(O)CN(C(=O)C=Cc2nc3ccccc3o2)C1. The van der Waals surface area contributed by atoms with E-state index in [9.17, 15) is 9.90 Å². The first kappa shape index (κ1) is 13.8. The Bertz CT molecular complexity index is 663. The molecule has 110 valence electrons. The van der Waals surface area contributed by atoms with Crippen LogP contribution in [0.5, 0.6) is 0 Å². The van der Waals surface area contributed by atoms with Crippen LogP contribution in [0.25, 0.3) is 17.2 Å². The molecule has 2 aromatic rings. The molecule has 0 radical (unpaired) electrons. The van der Waals surface area contributed by atoms with Gasteiger partial charge in [0.15, 0.2) is 5.58 Å². The zero-order chi connectivity index (χ0) is 15.0. The lowest BCUT2D eigenvalue weighted by molar-refractivity contribution is -0.158. The van der Waals surface area contributed by atoms with Gasteiger partial charge in [0.1, 0.15) is 11.1 Å². The maximum Gasteiger partial charge on any atom is 0.246 e. The van der Waals surface area contributed by atoms with Gasteiger partial charge in [-0.1, -0.05) is 26.0 Å². The Morgan fingerprint density at radius 2 is 2.14 bits per heavy atom. The molecule has 1 aliphatic heterocycles. The molecule has 0 atom stereocenters. The van der Waals surface area contributed by atoms with E-state index >= 15 is 0 Å². The summed E-state index contributed by atoms with van der Waals surface area (Å²) in [6.07, 6.45) is 3.00. The molecule has 5 heteroatoms. The van der Waals surface area contributed by atoms with E-state index in [-0.39, 0.29) is 11.8 Å². The largest absolute Gasteiger partial charge is 0.437 e. The van der Waals surface area contributed by atoms with Gasteiger partial charge < -0.3 is 14.4 Å². The minimum Gasteiger partial charge on any atom is -0.437 e. The van der Waals surface area contributed by atoms with Crippen LogP contribution in [-0.2, 0) is 4.79 Å². The summed E-state index contributed by atoms with van der Waals surface area (Å²) in [6.45, 7) is 4.66. The number of β-amino-alcohol motifs (C(OH)–C–C–N with tert-alkyl or cyclic N) is 1. The van der Waals surface area contributed by atoms with Crippen LogP contribution >= 0.6 is 0 Å². The molecule has 1 fully saturated rings. The van der Waals surface area contributed by atoms with Crippen molar-refractivity contribution in [3.8, 4) is 0 Å². The highest BCUT2D eigenvalue weighted by molar-refractivity contribution is 5.92. The van der Waals surface area contributed by atoms with Crippen molar-refractivity contribution in [3.63, 3.8) is 0 Å². The van der Waals surface area contributed by atoms with Crippen LogP contribution in [0, 0.1) is 5.92 Å². The van der Waals surface area contributed by atoms with Crippen molar-refractivity contribution in [1.29, 1.82) is 0 Å². The summed E-state index contributed by atoms with van der Waals surface area (Å²) in [5.74, 6) is 0.411. The number of nitrogens with zero attached hydrogens (tertiary/aromatic N) is 2. The minimum atomic E-state index is -0.749. The molecule has 1 aromatic heterocycles. The Morgan fingerprint density at radius 3 is 2.81 bits per heavy atom. The summed E-state index contributed by atoms with van der Waals surface area (Å²) >= 11 is 0. The summed E-state index contributed by atoms with van der Waals surface area (Å²) in [6, 6.07) is 7.45. The number of oxazole rings is 1. The first-order valence-electron chi connectivity index (χ1n) is 7.03. The molecule has 1 aromatic carbocycles. The summed E-state index contributed by atoms with van der Waals surface area (Å²) in [4.78, 5) is 17.9. The number of aliphatic hydroxyl groups is 1. The molecule has 0 bridgehead atoms. The van der Waals surface area contributed by atoms with Crippen LogP contribution in [0.2, 0.25) is 0 Å². The molecule has 1 amide bonds. The summed E-state index contributed by atoms with van der Waals surface area (Å²) in [5, 5.41) is 10.1. The monoisotopic (exact) mass is 286 g/mol. The Morgan fingerprint density at radius 1 is 1.43 bits per heavy atom. The fourth-order valence-corrected chi connectivity index (χ4v) is 2.34. The van der Waals surface area contributed by atoms with Gasteiger partial charge in [-0.25, -0.2) is 4.98 Å². The third-order valence-electron chi connectivity index (χ3n) is 3.99. The standard InChI is InChI=1S/C16H18N2O3/c1-11(2)16(20)9-18(10-16)15(19)8-7-14-17-12-5-3-4-6-13(12)21-14/h3-8,11,20H,9-10H2,1-2H3. The van der Waals surface area contributed by atoms with Crippen LogP contribution in [0.4, 0.5) is 0 Å². The van der Waals surface area contributed by atoms with Crippen molar-refractivity contribution in [2.45, 2.75) is 19.4 Å². The number of amides is 1. The predicted molar refractivity (Wildman–Crippen MR) is 79.4 cm³/mol. The fourth-order valence-electron chi connectivity index (χ4n) is 2.34. The van der Waals surface area contributed by atoms with Crippen molar-refractivity contribution in [1.82, 2.24) is 9.88 Å². The molecule has 0 aliphatic carbocycles. The highest BCUT2D eigenvalue weighted by Gasteiger charge is 2.45. The van der Waals surface area contributed by atoms with Gasteiger partial charge >= 0.3 is 0 Å². The van der Waals surface area contributed by atoms with E-state index in [1.807, 2.05) is 38.1 Å². The molecular formula is C16H18N2O3. The van der Waals surface area contributed by atoms with E-state index in [0.29, 0.717) is 24.6 Å². The van der Waals surface area contributed by atoms with Crippen LogP contribution in [0.3, 0.4) is 0 Å². The molecule has 1 saturated heterocycles. The van der Waals surface area contributed by atoms with Gasteiger partial charge in [-0.15, -0.1) is 0 Å². The lowest BCUT2D eigenvalue weighted by Crippen LogP contribution is -2.65. The van der Waals surface area contributed by atoms with Gasteiger partial charge in [0, 0.05) is 12.2 Å². The lowest BCUT2D eigenvalue weighted by atomic mass is 9.83. The molecule has 5 nitrogen and oxygen atoms in total. The third-order valence-corrected chi connectivity index (χ3v) is 3.99. The van der Waals surface area contributed by atoms with Gasteiger partial charge in [0.05, 0.1) is 13.1 Å². The maximum atomic E-state index is 12.0. The van der Waals surface area contributed by atoms with Crippen LogP contribution in [0.15, 0.2) is 34.8 Å². The van der Waals surface area contributed by atoms with Gasteiger partial charge in [-0.2, -0.15) is 0 Å². The van der Waals surface area contributed by atoms with E-state index in [2.05, 4.69) is 4.98 Å². The van der Waals surface area contributed by atoms with E-state index in [1.54, 1.807) is 11.0 Å². The smallest absolute Gasteiger partial charge is 0.246 e. The number of rotatable bonds is 3. The Balaban J connectivity index is 1.65. The van der Waals surface area contributed by atoms with Crippen molar-refractivity contribution < 1.29 is 14.3 Å². The highest BCUT2D eigenvalue weighted by atomic mass is 16.3. The fraction of sp³-hybridized carbons (Fsp3) is 0.375. The number of hydrogen-bond donors (Lipinski definition) is 1. The number of benzene rings is 1. The molecular weight excluding hydrogens is 268 g/mol. The third kappa shape index (κ3) is 2.56. The Hall–Kier alpha value is -2.14. The molecule has 0 saturated carbocycles. The number of para-hydroxylation sites is 2. The average Bonchev–Trinajstić information content (AvgIpc) is 2.83. The van der Waals surface area contributed by atoms with E-state index in [4.69, 9.17) is 4.42 Å². The summed E-state index contributed by atoms with van der Waals surface area (Å²) in [5.41, 5.74) is 0.714. The molecule has 1 aliphatic rings. The highest BCUT2D eigenvalue weighted by Crippen LogP contribution is 2.28. The van der Waals surface area contributed by atoms with Crippen LogP contribution in [-0.4, -0.2) is 39.6 Å². The van der Waals surface area contributed by atoms with Crippen LogP contribution < -0.4 is 0 Å². The second kappa shape index (κ2) is 5.00. The van der Waals surface area contributed by atoms with Gasteiger partial charge in [0.2, 0.25) is 11.8 Å². The number of carbonyl (C=O) groups is 1. The van der Waals surface area contributed by atoms with E-state index < -0.39 is 5.60 Å². The van der Waals surface area contributed by atoms with Gasteiger partial charge in [0.25, 0.3) is 0 Å². The molecule has 21 heavy (non-hydrogen) atoms. The number of aromatic nitrogens is 1. The van der Waals surface area contributed by atoms with Gasteiger partial charge in [-0.05, 0) is 18.1 Å². The summed E-state index contributed by atoms with van der Waals surface area (Å²) in [7, 11) is 0. The zero-order valence-electron chi connectivity index (χ0n) is 12.1.